The lowest BCUT2D eigenvalue weighted by atomic mass is 9.69. The van der Waals surface area contributed by atoms with Crippen LogP contribution >= 0.6 is 7.14 Å². The maximum absolute atomic E-state index is 16.0. The van der Waals surface area contributed by atoms with E-state index in [9.17, 15) is 0 Å². The maximum Gasteiger partial charge on any atom is 0.171 e. The first-order chi connectivity index (χ1) is 29.1. The lowest BCUT2D eigenvalue weighted by Gasteiger charge is -2.31. The van der Waals surface area contributed by atoms with E-state index in [0.717, 1.165) is 71.1 Å². The molecule has 0 amide bonds. The van der Waals surface area contributed by atoms with Crippen molar-refractivity contribution in [1.82, 2.24) is 9.97 Å². The first kappa shape index (κ1) is 33.9. The Morgan fingerprint density at radius 1 is 0.356 bits per heavy atom. The van der Waals surface area contributed by atoms with Crippen molar-refractivity contribution in [3.63, 3.8) is 0 Å². The Balaban J connectivity index is 1.07. The highest BCUT2D eigenvalue weighted by Crippen LogP contribution is 2.64. The van der Waals surface area contributed by atoms with Gasteiger partial charge in [-0.2, -0.15) is 0 Å². The number of aromatic nitrogens is 2. The van der Waals surface area contributed by atoms with Crippen LogP contribution in [0.25, 0.3) is 66.6 Å². The molecule has 0 N–H and O–H groups in total. The van der Waals surface area contributed by atoms with Gasteiger partial charge in [-0.1, -0.05) is 200 Å². The molecule has 4 heteroatoms. The van der Waals surface area contributed by atoms with E-state index in [1.165, 1.54) is 27.8 Å². The molecule has 276 valence electrons. The summed E-state index contributed by atoms with van der Waals surface area (Å²) in [5.41, 5.74) is 11.6. The minimum Gasteiger partial charge on any atom is -0.309 e. The van der Waals surface area contributed by atoms with Crippen LogP contribution in [0.1, 0.15) is 22.3 Å². The highest BCUT2D eigenvalue weighted by atomic mass is 31.2. The fraction of sp³-hybridized carbons (Fsp3) is 0.0182. The molecule has 0 saturated heterocycles. The van der Waals surface area contributed by atoms with Gasteiger partial charge in [-0.05, 0) is 61.5 Å². The largest absolute Gasteiger partial charge is 0.309 e. The number of hydrogen-bond acceptors (Lipinski definition) is 3. The highest BCUT2D eigenvalue weighted by molar-refractivity contribution is 7.85. The van der Waals surface area contributed by atoms with E-state index < -0.39 is 12.6 Å². The fourth-order valence-electron chi connectivity index (χ4n) is 9.90. The molecule has 1 aromatic heterocycles. The first-order valence-corrected chi connectivity index (χ1v) is 21.8. The second-order valence-corrected chi connectivity index (χ2v) is 18.4. The minimum absolute atomic E-state index is 0.584. The van der Waals surface area contributed by atoms with Gasteiger partial charge in [-0.3, -0.25) is 0 Å². The van der Waals surface area contributed by atoms with Crippen molar-refractivity contribution in [3.05, 3.63) is 235 Å². The van der Waals surface area contributed by atoms with Gasteiger partial charge in [0.15, 0.2) is 13.0 Å². The van der Waals surface area contributed by atoms with Crippen LogP contribution in [0.3, 0.4) is 0 Å². The molecule has 59 heavy (non-hydrogen) atoms. The summed E-state index contributed by atoms with van der Waals surface area (Å²) in [6, 6.07) is 74.0. The minimum atomic E-state index is -3.33. The zero-order valence-corrected chi connectivity index (χ0v) is 32.9. The summed E-state index contributed by atoms with van der Waals surface area (Å²) >= 11 is 0. The van der Waals surface area contributed by atoms with Gasteiger partial charge in [0, 0.05) is 38.2 Å². The van der Waals surface area contributed by atoms with E-state index in [2.05, 4.69) is 164 Å². The molecule has 9 aromatic carbocycles. The molecule has 0 unspecified atom stereocenters. The van der Waals surface area contributed by atoms with E-state index in [0.29, 0.717) is 5.82 Å². The Bertz CT molecular complexity index is 3240. The molecule has 12 rings (SSSR count). The normalized spacial score (nSPS) is 13.3. The average Bonchev–Trinajstić information content (AvgIpc) is 3.78. The second kappa shape index (κ2) is 12.9. The van der Waals surface area contributed by atoms with Gasteiger partial charge in [-0.15, -0.1) is 0 Å². The van der Waals surface area contributed by atoms with Crippen LogP contribution in [-0.2, 0) is 9.98 Å². The summed E-state index contributed by atoms with van der Waals surface area (Å²) in [5.74, 6) is 0.631. The van der Waals surface area contributed by atoms with E-state index in [1.807, 2.05) is 48.5 Å². The smallest absolute Gasteiger partial charge is 0.171 e. The Labute approximate surface area is 342 Å². The summed E-state index contributed by atoms with van der Waals surface area (Å²) in [5, 5.41) is 6.73. The van der Waals surface area contributed by atoms with Crippen molar-refractivity contribution in [2.24, 2.45) is 0 Å². The van der Waals surface area contributed by atoms with Crippen molar-refractivity contribution >= 4 is 44.6 Å². The third-order valence-corrected chi connectivity index (χ3v) is 15.6. The van der Waals surface area contributed by atoms with Crippen LogP contribution in [0.4, 0.5) is 0 Å². The second-order valence-electron chi connectivity index (χ2n) is 15.6. The number of rotatable bonds is 5. The molecule has 0 bridgehead atoms. The lowest BCUT2D eigenvalue weighted by Crippen LogP contribution is -2.27. The topological polar surface area (TPSA) is 42.9 Å². The van der Waals surface area contributed by atoms with Crippen molar-refractivity contribution in [3.8, 4) is 45.0 Å². The van der Waals surface area contributed by atoms with Gasteiger partial charge in [0.25, 0.3) is 0 Å². The van der Waals surface area contributed by atoms with Crippen LogP contribution < -0.4 is 15.9 Å². The van der Waals surface area contributed by atoms with E-state index >= 15 is 4.57 Å². The van der Waals surface area contributed by atoms with Crippen molar-refractivity contribution in [1.29, 1.82) is 0 Å². The SMILES string of the molecule is O=P(c1ccc(-c2nc(-c3ccccc3)c3c(n2)-c2ccccc2C32c3ccccc3-c3ccccc32)cc1)(c1ccc2ccccc2c1)c1ccc2ccccc2c1. The summed E-state index contributed by atoms with van der Waals surface area (Å²) < 4.78 is 16.0. The van der Waals surface area contributed by atoms with Gasteiger partial charge in [0.05, 0.1) is 16.8 Å². The molecule has 1 spiro atoms. The fourth-order valence-corrected chi connectivity index (χ4v) is 12.6. The molecular weight excluding hydrogens is 736 g/mol. The van der Waals surface area contributed by atoms with E-state index in [1.54, 1.807) is 0 Å². The zero-order valence-electron chi connectivity index (χ0n) is 32.0. The number of fused-ring (bicyclic) bond motifs is 12. The number of benzene rings is 9. The van der Waals surface area contributed by atoms with Crippen molar-refractivity contribution < 1.29 is 4.57 Å². The van der Waals surface area contributed by atoms with Crippen LogP contribution in [0.15, 0.2) is 212 Å². The molecule has 3 nitrogen and oxygen atoms in total. The van der Waals surface area contributed by atoms with Crippen LogP contribution in [-0.4, -0.2) is 9.97 Å². The van der Waals surface area contributed by atoms with Gasteiger partial charge in [-0.25, -0.2) is 9.97 Å². The molecule has 0 aliphatic heterocycles. The van der Waals surface area contributed by atoms with Crippen LogP contribution in [0.5, 0.6) is 0 Å². The molecule has 0 fully saturated rings. The molecule has 10 aromatic rings. The number of nitrogens with zero attached hydrogens (tertiary/aromatic N) is 2. The third-order valence-electron chi connectivity index (χ3n) is 12.6. The number of hydrogen-bond donors (Lipinski definition) is 0. The van der Waals surface area contributed by atoms with Crippen molar-refractivity contribution in [2.75, 3.05) is 0 Å². The standard InChI is InChI=1S/C55H35N2OP/c58-59(43-32-26-36-14-4-6-18-40(36)34-43,44-33-27-37-15-5-7-19-41(37)35-44)42-30-28-39(29-31-42)54-56-52(38-16-2-1-3-17-38)51-53(57-54)47-22-10-13-25-50(47)55(51)48-23-11-8-20-45(48)46-21-9-12-24-49(46)55/h1-35H. The van der Waals surface area contributed by atoms with E-state index in [4.69, 9.17) is 9.97 Å². The van der Waals surface area contributed by atoms with Gasteiger partial charge in [0.1, 0.15) is 0 Å². The predicted molar refractivity (Wildman–Crippen MR) is 244 cm³/mol. The van der Waals surface area contributed by atoms with Crippen LogP contribution in [0, 0.1) is 0 Å². The molecule has 1 heterocycles. The summed E-state index contributed by atoms with van der Waals surface area (Å²) in [7, 11) is -3.33. The monoisotopic (exact) mass is 770 g/mol. The first-order valence-electron chi connectivity index (χ1n) is 20.1. The molecule has 2 aliphatic carbocycles. The summed E-state index contributed by atoms with van der Waals surface area (Å²) in [6.07, 6.45) is 0. The lowest BCUT2D eigenvalue weighted by molar-refractivity contribution is 0.592. The van der Waals surface area contributed by atoms with E-state index in [-0.39, 0.29) is 0 Å². The van der Waals surface area contributed by atoms with Gasteiger partial charge >= 0.3 is 0 Å². The van der Waals surface area contributed by atoms with Crippen LogP contribution in [0.2, 0.25) is 0 Å². The van der Waals surface area contributed by atoms with Gasteiger partial charge < -0.3 is 4.57 Å². The molecule has 2 aliphatic rings. The maximum atomic E-state index is 16.0. The Kier molecular flexibility index (Phi) is 7.42. The molecular formula is C55H35N2OP. The van der Waals surface area contributed by atoms with Crippen molar-refractivity contribution in [2.45, 2.75) is 5.41 Å². The third kappa shape index (κ3) is 4.86. The molecule has 0 saturated carbocycles. The average molecular weight is 771 g/mol. The molecule has 0 atom stereocenters. The summed E-state index contributed by atoms with van der Waals surface area (Å²) in [4.78, 5) is 11.0. The van der Waals surface area contributed by atoms with Gasteiger partial charge in [0.2, 0.25) is 0 Å². The molecule has 0 radical (unpaired) electrons. The Morgan fingerprint density at radius 2 is 0.797 bits per heavy atom. The quantitative estimate of drug-likeness (QED) is 0.164. The zero-order chi connectivity index (χ0) is 39.1. The highest BCUT2D eigenvalue weighted by Gasteiger charge is 2.54. The Hall–Kier alpha value is -7.19. The predicted octanol–water partition coefficient (Wildman–Crippen LogP) is 12.1. The Morgan fingerprint density at radius 3 is 1.37 bits per heavy atom. The summed E-state index contributed by atoms with van der Waals surface area (Å²) in [6.45, 7) is 0.